The van der Waals surface area contributed by atoms with E-state index in [1.807, 2.05) is 0 Å². The number of thioether (sulfide) groups is 1. The van der Waals surface area contributed by atoms with Crippen molar-refractivity contribution < 1.29 is 19.4 Å². The third-order valence-corrected chi connectivity index (χ3v) is 1.74. The van der Waals surface area contributed by atoms with Crippen molar-refractivity contribution in [2.24, 2.45) is 0 Å². The maximum absolute atomic E-state index is 10.7. The quantitative estimate of drug-likeness (QED) is 0.299. The first-order chi connectivity index (χ1) is 5.61. The van der Waals surface area contributed by atoms with Crippen LogP contribution < -0.4 is 0 Å². The molecule has 0 aliphatic carbocycles. The lowest BCUT2D eigenvalue weighted by molar-refractivity contribution is -0.159. The van der Waals surface area contributed by atoms with Crippen LogP contribution in [0.15, 0.2) is 12.7 Å². The number of carbonyl (C=O) groups excluding carboxylic acids is 2. The lowest BCUT2D eigenvalue weighted by Crippen LogP contribution is -2.22. The van der Waals surface area contributed by atoms with Gasteiger partial charge >= 0.3 is 11.9 Å². The zero-order valence-electron chi connectivity index (χ0n) is 6.65. The number of aliphatic hydroxyl groups excluding tert-OH is 1. The summed E-state index contributed by atoms with van der Waals surface area (Å²) in [4.78, 5) is 21.2. The molecule has 0 radical (unpaired) electrons. The minimum Gasteiger partial charge on any atom is -0.387 e. The Morgan fingerprint density at radius 3 is 2.75 bits per heavy atom. The molecule has 0 aromatic heterocycles. The Bertz CT molecular complexity index is 190. The lowest BCUT2D eigenvalue weighted by Gasteiger charge is -2.05. The van der Waals surface area contributed by atoms with E-state index in [0.717, 1.165) is 17.8 Å². The first kappa shape index (κ1) is 11.2. The Morgan fingerprint density at radius 2 is 2.33 bits per heavy atom. The molecule has 68 valence electrons. The van der Waals surface area contributed by atoms with E-state index in [0.29, 0.717) is 5.75 Å². The van der Waals surface area contributed by atoms with Crippen LogP contribution in [0.5, 0.6) is 0 Å². The minimum absolute atomic E-state index is 0.568. The topological polar surface area (TPSA) is 63.6 Å². The second-order valence-electron chi connectivity index (χ2n) is 1.75. The van der Waals surface area contributed by atoms with Crippen LogP contribution in [-0.2, 0) is 14.3 Å². The molecule has 0 bridgehead atoms. The van der Waals surface area contributed by atoms with Crippen LogP contribution in [0.2, 0.25) is 0 Å². The molecule has 1 N–H and O–H groups in total. The summed E-state index contributed by atoms with van der Waals surface area (Å²) in [6, 6.07) is 0. The van der Waals surface area contributed by atoms with E-state index in [1.54, 1.807) is 6.92 Å². The van der Waals surface area contributed by atoms with Crippen molar-refractivity contribution in [3.8, 4) is 0 Å². The van der Waals surface area contributed by atoms with E-state index < -0.39 is 17.4 Å². The molecular formula is C7H10O4S. The van der Waals surface area contributed by atoms with Crippen LogP contribution in [0.1, 0.15) is 6.92 Å². The van der Waals surface area contributed by atoms with E-state index in [-0.39, 0.29) is 0 Å². The highest BCUT2D eigenvalue weighted by molar-refractivity contribution is 8.00. The number of esters is 2. The van der Waals surface area contributed by atoms with Crippen molar-refractivity contribution in [1.82, 2.24) is 0 Å². The van der Waals surface area contributed by atoms with E-state index >= 15 is 0 Å². The predicted molar refractivity (Wildman–Crippen MR) is 45.4 cm³/mol. The maximum atomic E-state index is 10.7. The summed E-state index contributed by atoms with van der Waals surface area (Å²) >= 11 is 0.986. The smallest absolute Gasteiger partial charge is 0.353 e. The summed E-state index contributed by atoms with van der Waals surface area (Å²) in [6.45, 7) is 4.88. The van der Waals surface area contributed by atoms with Crippen LogP contribution in [0.3, 0.4) is 0 Å². The van der Waals surface area contributed by atoms with Crippen LogP contribution in [0, 0.1) is 0 Å². The molecule has 0 saturated carbocycles. The molecule has 1 unspecified atom stereocenters. The zero-order valence-corrected chi connectivity index (χ0v) is 7.47. The first-order valence-electron chi connectivity index (χ1n) is 3.29. The molecule has 5 heteroatoms. The van der Waals surface area contributed by atoms with Crippen molar-refractivity contribution in [3.63, 3.8) is 0 Å². The molecule has 0 fully saturated rings. The first-order valence-corrected chi connectivity index (χ1v) is 4.34. The van der Waals surface area contributed by atoms with E-state index in [1.165, 1.54) is 0 Å². The summed E-state index contributed by atoms with van der Waals surface area (Å²) in [7, 11) is 0. The molecule has 1 atom stereocenters. The minimum atomic E-state index is -1.29. The maximum Gasteiger partial charge on any atom is 0.353 e. The molecule has 0 aliphatic rings. The van der Waals surface area contributed by atoms with Crippen LogP contribution in [-0.4, -0.2) is 28.2 Å². The molecule has 0 rings (SSSR count). The van der Waals surface area contributed by atoms with Gasteiger partial charge in [0.25, 0.3) is 0 Å². The summed E-state index contributed by atoms with van der Waals surface area (Å²) in [5.41, 5.74) is -1.29. The molecule has 12 heavy (non-hydrogen) atoms. The normalized spacial score (nSPS) is 11.8. The zero-order chi connectivity index (χ0) is 9.56. The number of aliphatic hydroxyl groups is 1. The Kier molecular flexibility index (Phi) is 5.40. The highest BCUT2D eigenvalue weighted by atomic mass is 32.2. The molecule has 0 spiro atoms. The van der Waals surface area contributed by atoms with E-state index in [2.05, 4.69) is 11.3 Å². The van der Waals surface area contributed by atoms with Crippen LogP contribution >= 0.6 is 11.8 Å². The average molecular weight is 190 g/mol. The van der Waals surface area contributed by atoms with Gasteiger partial charge in [-0.05, 0) is 5.75 Å². The fourth-order valence-electron chi connectivity index (χ4n) is 0.417. The summed E-state index contributed by atoms with van der Waals surface area (Å²) in [5.74, 6) is -1.24. The molecule has 0 aliphatic heterocycles. The molecular weight excluding hydrogens is 180 g/mol. The average Bonchev–Trinajstić information content (AvgIpc) is 2.04. The standard InChI is InChI=1S/C7H10O4S/c1-3-5(8)11-6(9)7(10)12-4-2/h3,7,10H,1,4H2,2H3. The highest BCUT2D eigenvalue weighted by Gasteiger charge is 2.18. The summed E-state index contributed by atoms with van der Waals surface area (Å²) < 4.78 is 4.15. The number of rotatable bonds is 4. The van der Waals surface area contributed by atoms with Gasteiger partial charge in [-0.2, -0.15) is 0 Å². The van der Waals surface area contributed by atoms with Crippen LogP contribution in [0.25, 0.3) is 0 Å². The van der Waals surface area contributed by atoms with Gasteiger partial charge in [-0.1, -0.05) is 13.5 Å². The van der Waals surface area contributed by atoms with Crippen molar-refractivity contribution in [2.75, 3.05) is 5.75 Å². The van der Waals surface area contributed by atoms with Gasteiger partial charge in [0.2, 0.25) is 0 Å². The molecule has 0 aromatic rings. The van der Waals surface area contributed by atoms with Gasteiger partial charge in [-0.3, -0.25) is 0 Å². The van der Waals surface area contributed by atoms with Gasteiger partial charge in [0.1, 0.15) is 0 Å². The van der Waals surface area contributed by atoms with Gasteiger partial charge in [-0.15, -0.1) is 11.8 Å². The summed E-state index contributed by atoms with van der Waals surface area (Å²) in [6.07, 6.45) is 0.862. The van der Waals surface area contributed by atoms with Crippen molar-refractivity contribution in [1.29, 1.82) is 0 Å². The van der Waals surface area contributed by atoms with E-state index in [9.17, 15) is 9.59 Å². The van der Waals surface area contributed by atoms with Crippen molar-refractivity contribution in [2.45, 2.75) is 12.4 Å². The number of hydrogen-bond donors (Lipinski definition) is 1. The monoisotopic (exact) mass is 190 g/mol. The van der Waals surface area contributed by atoms with Gasteiger partial charge in [0.05, 0.1) is 0 Å². The SMILES string of the molecule is C=CC(=O)OC(=O)C(O)SCC. The van der Waals surface area contributed by atoms with Gasteiger partial charge < -0.3 is 9.84 Å². The Labute approximate surface area is 74.6 Å². The van der Waals surface area contributed by atoms with Crippen molar-refractivity contribution >= 4 is 23.7 Å². The van der Waals surface area contributed by atoms with Crippen LogP contribution in [0.4, 0.5) is 0 Å². The third-order valence-electron chi connectivity index (χ3n) is 0.894. The summed E-state index contributed by atoms with van der Waals surface area (Å²) in [5, 5.41) is 8.96. The molecule has 0 saturated heterocycles. The highest BCUT2D eigenvalue weighted by Crippen LogP contribution is 2.08. The molecule has 0 amide bonds. The Balaban J connectivity index is 3.86. The predicted octanol–water partition coefficient (Wildman–Crippen LogP) is 0.314. The largest absolute Gasteiger partial charge is 0.387 e. The van der Waals surface area contributed by atoms with E-state index in [4.69, 9.17) is 5.11 Å². The second-order valence-corrected chi connectivity index (χ2v) is 3.11. The van der Waals surface area contributed by atoms with Crippen molar-refractivity contribution in [3.05, 3.63) is 12.7 Å². The Morgan fingerprint density at radius 1 is 1.75 bits per heavy atom. The molecule has 4 nitrogen and oxygen atoms in total. The number of hydrogen-bond acceptors (Lipinski definition) is 5. The fraction of sp³-hybridized carbons (Fsp3) is 0.429. The van der Waals surface area contributed by atoms with Gasteiger partial charge in [0.15, 0.2) is 5.44 Å². The second kappa shape index (κ2) is 5.79. The Hall–Kier alpha value is -0.810. The third kappa shape index (κ3) is 4.15. The van der Waals surface area contributed by atoms with Gasteiger partial charge in [-0.25, -0.2) is 9.59 Å². The molecule has 0 heterocycles. The van der Waals surface area contributed by atoms with Gasteiger partial charge in [0, 0.05) is 6.08 Å². The number of ether oxygens (including phenoxy) is 1. The lowest BCUT2D eigenvalue weighted by atomic mass is 10.6. The molecule has 0 aromatic carbocycles. The fourth-order valence-corrected chi connectivity index (χ4v) is 0.917. The number of carbonyl (C=O) groups is 2.